The molecule has 13 heteroatoms. The molecule has 5 nitrogen and oxygen atoms in total. The quantitative estimate of drug-likeness (QED) is 0.247. The number of halogens is 4. The number of alkyl halides is 3. The highest BCUT2D eigenvalue weighted by Gasteiger charge is 2.31. The van der Waals surface area contributed by atoms with Crippen LogP contribution in [0.2, 0.25) is 0 Å². The Morgan fingerprint density at radius 1 is 1.00 bits per heavy atom. The molecule has 0 radical (unpaired) electrons. The van der Waals surface area contributed by atoms with Gasteiger partial charge < -0.3 is 20.1 Å². The highest BCUT2D eigenvalue weighted by Crippen LogP contribution is 2.28. The van der Waals surface area contributed by atoms with Crippen molar-refractivity contribution in [1.82, 2.24) is 10.2 Å². The van der Waals surface area contributed by atoms with Crippen LogP contribution in [0.3, 0.4) is 0 Å². The lowest BCUT2D eigenvalue weighted by atomic mass is 10.1. The highest BCUT2D eigenvalue weighted by molar-refractivity contribution is 8.24. The van der Waals surface area contributed by atoms with Crippen molar-refractivity contribution in [2.75, 3.05) is 26.2 Å². The van der Waals surface area contributed by atoms with Gasteiger partial charge in [0, 0.05) is 17.4 Å². The summed E-state index contributed by atoms with van der Waals surface area (Å²) in [6, 6.07) is 0. The molecule has 33 heavy (non-hydrogen) atoms. The third-order valence-corrected chi connectivity index (χ3v) is 5.30. The number of aliphatic carboxylic acids is 1. The molecule has 2 rings (SSSR count). The minimum Gasteiger partial charge on any atom is -0.480 e. The summed E-state index contributed by atoms with van der Waals surface area (Å²) in [7, 11) is 0. The Bertz CT molecular complexity index is 537. The van der Waals surface area contributed by atoms with Crippen LogP contribution in [-0.2, 0) is 9.59 Å². The lowest BCUT2D eigenvalue weighted by molar-refractivity contribution is -0.138. The Morgan fingerprint density at radius 3 is 1.58 bits per heavy atom. The van der Waals surface area contributed by atoms with E-state index in [4.69, 9.17) is 52.1 Å². The van der Waals surface area contributed by atoms with Crippen LogP contribution >= 0.6 is 95.6 Å². The van der Waals surface area contributed by atoms with E-state index < -0.39 is 15.0 Å². The molecule has 0 atom stereocenters. The number of nitrogens with zero attached hydrogens (tertiary/aromatic N) is 1. The number of nitrogens with one attached hydrogen (secondary N) is 1. The molecule has 2 aliphatic heterocycles. The second kappa shape index (κ2) is 27.3. The molecule has 196 valence electrons. The van der Waals surface area contributed by atoms with Crippen molar-refractivity contribution in [3.8, 4) is 0 Å². The van der Waals surface area contributed by atoms with Crippen molar-refractivity contribution in [3.05, 3.63) is 0 Å². The number of hydrogen-bond acceptors (Lipinski definition) is 7. The maximum Gasteiger partial charge on any atom is 0.319 e. The van der Waals surface area contributed by atoms with Crippen molar-refractivity contribution in [1.29, 1.82) is 0 Å². The molecule has 0 aromatic heterocycles. The molecule has 0 unspecified atom stereocenters. The zero-order valence-electron chi connectivity index (χ0n) is 19.5. The molecular weight excluding hydrogens is 586 g/mol. The first kappa shape index (κ1) is 40.9. The third kappa shape index (κ3) is 35.0. The van der Waals surface area contributed by atoms with Crippen LogP contribution in [0.5, 0.6) is 0 Å². The van der Waals surface area contributed by atoms with Gasteiger partial charge in [-0.1, -0.05) is 65.2 Å². The number of piperidine rings is 2. The number of hydrogen-bond donors (Lipinski definition) is 2. The topological polar surface area (TPSA) is 69.6 Å². The third-order valence-electron chi connectivity index (χ3n) is 3.68. The number of ketones is 1. The van der Waals surface area contributed by atoms with Crippen LogP contribution in [0.15, 0.2) is 0 Å². The molecule has 0 bridgehead atoms. The van der Waals surface area contributed by atoms with Crippen LogP contribution in [0.25, 0.3) is 0 Å². The van der Waals surface area contributed by atoms with E-state index in [9.17, 15) is 9.59 Å². The van der Waals surface area contributed by atoms with Gasteiger partial charge in [-0.3, -0.25) is 4.79 Å². The largest absolute Gasteiger partial charge is 0.480 e. The van der Waals surface area contributed by atoms with Crippen LogP contribution in [-0.4, -0.2) is 65.6 Å². The summed E-state index contributed by atoms with van der Waals surface area (Å²) < 4.78 is 1.07. The van der Waals surface area contributed by atoms with Crippen molar-refractivity contribution >= 4 is 116 Å². The SMILES string of the molecule is C1CCNCC1.CC(C)(SC(=S)N1CCCCC1)C(=O)O.CC(C)=O.Cl.ClC(Cl)Cl.S=C=S. The molecule has 0 aliphatic carbocycles. The molecule has 0 amide bonds. The number of thioether (sulfide) groups is 1. The fourth-order valence-electron chi connectivity index (χ4n) is 2.20. The second-order valence-corrected chi connectivity index (χ2v) is 12.2. The average molecular weight is 623 g/mol. The molecule has 2 N–H and O–H groups in total. The van der Waals surface area contributed by atoms with Gasteiger partial charge in [-0.2, -0.15) is 0 Å². The van der Waals surface area contributed by atoms with Gasteiger partial charge in [-0.05, 0) is 97.3 Å². The molecule has 2 aliphatic rings. The van der Waals surface area contributed by atoms with Gasteiger partial charge in [0.1, 0.15) is 14.9 Å². The van der Waals surface area contributed by atoms with Gasteiger partial charge in [0.25, 0.3) is 0 Å². The predicted molar refractivity (Wildman–Crippen MR) is 159 cm³/mol. The zero-order chi connectivity index (χ0) is 25.6. The van der Waals surface area contributed by atoms with E-state index in [2.05, 4.69) is 34.7 Å². The Labute approximate surface area is 240 Å². The van der Waals surface area contributed by atoms with Gasteiger partial charge in [-0.25, -0.2) is 0 Å². The van der Waals surface area contributed by atoms with Crippen LogP contribution in [0.1, 0.15) is 66.2 Å². The minimum absolute atomic E-state index is 0. The number of carbonyl (C=O) groups is 2. The average Bonchev–Trinajstić information content (AvgIpc) is 2.70. The maximum atomic E-state index is 10.9. The molecule has 0 saturated carbocycles. The van der Waals surface area contributed by atoms with E-state index in [-0.39, 0.29) is 18.2 Å². The molecule has 0 aromatic rings. The van der Waals surface area contributed by atoms with Crippen LogP contribution in [0, 0.1) is 0 Å². The van der Waals surface area contributed by atoms with Crippen molar-refractivity contribution in [3.63, 3.8) is 0 Å². The Morgan fingerprint density at radius 2 is 1.33 bits per heavy atom. The van der Waals surface area contributed by atoms with E-state index >= 15 is 0 Å². The maximum absolute atomic E-state index is 10.9. The Kier molecular flexibility index (Phi) is 33.8. The van der Waals surface area contributed by atoms with Crippen LogP contribution in [0.4, 0.5) is 0 Å². The van der Waals surface area contributed by atoms with E-state index in [0.717, 1.165) is 30.3 Å². The molecule has 2 saturated heterocycles. The van der Waals surface area contributed by atoms with Gasteiger partial charge in [-0.15, -0.1) is 12.4 Å². The summed E-state index contributed by atoms with van der Waals surface area (Å²) in [5.74, 6) is -0.646. The highest BCUT2D eigenvalue weighted by atomic mass is 35.6. The number of likely N-dealkylation sites (tertiary alicyclic amines) is 1. The predicted octanol–water partition coefficient (Wildman–Crippen LogP) is 7.14. The standard InChI is InChI=1S/C10H17NO2S2.C5H11N.C3H6O.CHCl3.CS2.ClH/c1-10(2,8(12)13)15-9(14)11-6-4-3-5-7-11;1-2-4-6-5-3-1;1-3(2)4;2-1(3)4;2-1-3;/h3-7H2,1-2H3,(H,12,13);6H,1-5H2;1-2H3;1H;;1H. The Hall–Kier alpha value is 0.720. The number of thiocarbonyl (C=S) groups is 3. The normalized spacial score (nSPS) is 14.5. The van der Waals surface area contributed by atoms with Gasteiger partial charge >= 0.3 is 5.97 Å². The number of carboxylic acids is 1. The van der Waals surface area contributed by atoms with Crippen molar-refractivity contribution < 1.29 is 14.7 Å². The lowest BCUT2D eigenvalue weighted by Crippen LogP contribution is -2.37. The van der Waals surface area contributed by atoms with Gasteiger partial charge in [0.15, 0.2) is 4.30 Å². The molecule has 2 heterocycles. The first-order valence-corrected chi connectivity index (χ1v) is 13.5. The summed E-state index contributed by atoms with van der Waals surface area (Å²) in [6.45, 7) is 10.9. The first-order valence-electron chi connectivity index (χ1n) is 10.1. The smallest absolute Gasteiger partial charge is 0.319 e. The van der Waals surface area contributed by atoms with Gasteiger partial charge in [0.05, 0.1) is 0 Å². The zero-order valence-corrected chi connectivity index (χ0v) is 25.9. The fourth-order valence-corrected chi connectivity index (χ4v) is 3.85. The fraction of sp³-hybridized carbons (Fsp3) is 0.800. The molecular formula is C20H36Cl4N2O3S4. The number of Topliss-reactive ketones (excluding diaryl/α,β-unsaturated/α-hetero) is 1. The first-order chi connectivity index (χ1) is 14.8. The second-order valence-electron chi connectivity index (χ2n) is 7.28. The number of rotatable bonds is 2. The number of carboxylic acid groups (broad SMARTS) is 1. The van der Waals surface area contributed by atoms with E-state index in [1.54, 1.807) is 13.8 Å². The molecule has 0 aromatic carbocycles. The lowest BCUT2D eigenvalue weighted by Gasteiger charge is -2.31. The Balaban J connectivity index is -0.000000193. The molecule has 0 spiro atoms. The summed E-state index contributed by atoms with van der Waals surface area (Å²) in [4.78, 5) is 22.5. The summed E-state index contributed by atoms with van der Waals surface area (Å²) >= 11 is 28.9. The van der Waals surface area contributed by atoms with Crippen molar-refractivity contribution in [2.24, 2.45) is 0 Å². The van der Waals surface area contributed by atoms with Gasteiger partial charge in [0.2, 0.25) is 0 Å². The summed E-state index contributed by atoms with van der Waals surface area (Å²) in [5.41, 5.74) is 0. The summed E-state index contributed by atoms with van der Waals surface area (Å²) in [6.07, 6.45) is 7.79. The van der Waals surface area contributed by atoms with E-state index in [0.29, 0.717) is 0 Å². The molecule has 2 fully saturated rings. The van der Waals surface area contributed by atoms with Crippen molar-refractivity contribution in [2.45, 2.75) is 75.3 Å². The number of carbonyl (C=O) groups excluding carboxylic acids is 1. The summed E-state index contributed by atoms with van der Waals surface area (Å²) in [5, 5.41) is 12.3. The monoisotopic (exact) mass is 620 g/mol. The minimum atomic E-state index is -0.825. The van der Waals surface area contributed by atoms with E-state index in [1.807, 2.05) is 4.31 Å². The van der Waals surface area contributed by atoms with Crippen LogP contribution < -0.4 is 5.32 Å². The van der Waals surface area contributed by atoms with E-state index in [1.165, 1.54) is 64.4 Å².